The van der Waals surface area contributed by atoms with Gasteiger partial charge >= 0.3 is 0 Å². The Bertz CT molecular complexity index is 488. The molecule has 104 valence electrons. The molecule has 1 rings (SSSR count). The molecule has 0 unspecified atom stereocenters. The summed E-state index contributed by atoms with van der Waals surface area (Å²) in [4.78, 5) is 14.5. The van der Waals surface area contributed by atoms with Crippen LogP contribution in [0.4, 0.5) is 4.39 Å². The number of amides is 1. The number of aryl methyl sites for hydroxylation is 1. The lowest BCUT2D eigenvalue weighted by molar-refractivity contribution is 0.0711. The molecule has 3 nitrogen and oxygen atoms in total. The molecular formula is C14H19FN2OS. The Kier molecular flexibility index (Phi) is 5.42. The maximum absolute atomic E-state index is 13.2. The van der Waals surface area contributed by atoms with Crippen molar-refractivity contribution in [2.24, 2.45) is 5.73 Å². The van der Waals surface area contributed by atoms with Crippen LogP contribution >= 0.6 is 12.2 Å². The van der Waals surface area contributed by atoms with Gasteiger partial charge in [-0.2, -0.15) is 0 Å². The fourth-order valence-corrected chi connectivity index (χ4v) is 1.86. The molecule has 0 aliphatic carbocycles. The van der Waals surface area contributed by atoms with Gasteiger partial charge in [0.05, 0.1) is 4.99 Å². The van der Waals surface area contributed by atoms with Crippen LogP contribution in [0.25, 0.3) is 0 Å². The summed E-state index contributed by atoms with van der Waals surface area (Å²) in [7, 11) is 0. The number of thiocarbonyl (C=S) groups is 1. The highest BCUT2D eigenvalue weighted by Gasteiger charge is 2.19. The second-order valence-corrected chi connectivity index (χ2v) is 5.30. The van der Waals surface area contributed by atoms with E-state index in [1.807, 2.05) is 13.8 Å². The van der Waals surface area contributed by atoms with E-state index in [2.05, 4.69) is 0 Å². The third kappa shape index (κ3) is 4.28. The van der Waals surface area contributed by atoms with Gasteiger partial charge in [0.1, 0.15) is 5.82 Å². The number of benzene rings is 1. The molecule has 1 aromatic carbocycles. The van der Waals surface area contributed by atoms with Crippen molar-refractivity contribution in [3.8, 4) is 0 Å². The van der Waals surface area contributed by atoms with Gasteiger partial charge in [0.25, 0.3) is 5.91 Å². The van der Waals surface area contributed by atoms with Crippen LogP contribution in [-0.4, -0.2) is 28.4 Å². The molecule has 2 N–H and O–H groups in total. The molecule has 19 heavy (non-hydrogen) atoms. The average Bonchev–Trinajstić information content (AvgIpc) is 2.31. The monoisotopic (exact) mass is 282 g/mol. The number of rotatable bonds is 5. The van der Waals surface area contributed by atoms with Crippen molar-refractivity contribution < 1.29 is 9.18 Å². The number of nitrogens with zero attached hydrogens (tertiary/aromatic N) is 1. The van der Waals surface area contributed by atoms with Gasteiger partial charge in [-0.25, -0.2) is 4.39 Å². The first-order valence-electron chi connectivity index (χ1n) is 6.18. The summed E-state index contributed by atoms with van der Waals surface area (Å²) in [5.41, 5.74) is 6.41. The minimum absolute atomic E-state index is 0.0345. The van der Waals surface area contributed by atoms with E-state index >= 15 is 0 Å². The molecule has 0 aromatic heterocycles. The zero-order chi connectivity index (χ0) is 14.6. The molecule has 1 aromatic rings. The second kappa shape index (κ2) is 6.61. The standard InChI is InChI=1S/C14H19FN2OS/c1-9(2)17(7-6-13(16)19)14(18)11-4-5-12(15)10(3)8-11/h4-5,8-9H,6-7H2,1-3H3,(H2,16,19). The van der Waals surface area contributed by atoms with Gasteiger partial charge in [0.2, 0.25) is 0 Å². The molecule has 0 heterocycles. The Morgan fingerprint density at radius 2 is 2.11 bits per heavy atom. The Hall–Kier alpha value is -1.49. The predicted octanol–water partition coefficient (Wildman–Crippen LogP) is 2.66. The van der Waals surface area contributed by atoms with Crippen molar-refractivity contribution in [1.29, 1.82) is 0 Å². The Morgan fingerprint density at radius 1 is 1.47 bits per heavy atom. The first-order valence-corrected chi connectivity index (χ1v) is 6.59. The van der Waals surface area contributed by atoms with Gasteiger partial charge in [-0.3, -0.25) is 4.79 Å². The number of nitrogens with two attached hydrogens (primary N) is 1. The minimum atomic E-state index is -0.309. The average molecular weight is 282 g/mol. The van der Waals surface area contributed by atoms with Crippen LogP contribution in [0.3, 0.4) is 0 Å². The molecule has 0 atom stereocenters. The Labute approximate surface area is 118 Å². The van der Waals surface area contributed by atoms with Gasteiger partial charge in [-0.05, 0) is 44.5 Å². The molecular weight excluding hydrogens is 263 g/mol. The topological polar surface area (TPSA) is 46.3 Å². The maximum Gasteiger partial charge on any atom is 0.254 e. The third-order valence-electron chi connectivity index (χ3n) is 2.89. The zero-order valence-electron chi connectivity index (χ0n) is 11.4. The van der Waals surface area contributed by atoms with Crippen molar-refractivity contribution in [3.63, 3.8) is 0 Å². The summed E-state index contributed by atoms with van der Waals surface area (Å²) in [6.45, 7) is 5.96. The molecule has 0 aliphatic rings. The van der Waals surface area contributed by atoms with Crippen LogP contribution in [0.2, 0.25) is 0 Å². The zero-order valence-corrected chi connectivity index (χ0v) is 12.3. The van der Waals surface area contributed by atoms with Crippen LogP contribution in [0.1, 0.15) is 36.2 Å². The van der Waals surface area contributed by atoms with Crippen LogP contribution < -0.4 is 5.73 Å². The fraction of sp³-hybridized carbons (Fsp3) is 0.429. The van der Waals surface area contributed by atoms with Gasteiger partial charge in [0.15, 0.2) is 0 Å². The van der Waals surface area contributed by atoms with E-state index in [1.165, 1.54) is 12.1 Å². The van der Waals surface area contributed by atoms with E-state index in [0.29, 0.717) is 29.1 Å². The number of carbonyl (C=O) groups is 1. The predicted molar refractivity (Wildman–Crippen MR) is 78.7 cm³/mol. The first kappa shape index (κ1) is 15.6. The number of carbonyl (C=O) groups excluding carboxylic acids is 1. The summed E-state index contributed by atoms with van der Waals surface area (Å²) in [5, 5.41) is 0. The quantitative estimate of drug-likeness (QED) is 0.845. The van der Waals surface area contributed by atoms with Gasteiger partial charge in [0, 0.05) is 24.6 Å². The molecule has 5 heteroatoms. The molecule has 0 aliphatic heterocycles. The molecule has 1 amide bonds. The Morgan fingerprint density at radius 3 is 2.58 bits per heavy atom. The lowest BCUT2D eigenvalue weighted by Crippen LogP contribution is -2.39. The molecule has 0 spiro atoms. The summed E-state index contributed by atoms with van der Waals surface area (Å²) in [6, 6.07) is 4.41. The van der Waals surface area contributed by atoms with Crippen LogP contribution in [0.15, 0.2) is 18.2 Å². The highest BCUT2D eigenvalue weighted by molar-refractivity contribution is 7.80. The van der Waals surface area contributed by atoms with Gasteiger partial charge in [-0.1, -0.05) is 12.2 Å². The second-order valence-electron chi connectivity index (χ2n) is 4.77. The number of hydrogen-bond donors (Lipinski definition) is 1. The normalized spacial score (nSPS) is 10.6. The smallest absolute Gasteiger partial charge is 0.254 e. The summed E-state index contributed by atoms with van der Waals surface area (Å²) in [5.74, 6) is -0.440. The summed E-state index contributed by atoms with van der Waals surface area (Å²) < 4.78 is 13.2. The first-order chi connectivity index (χ1) is 8.82. The molecule has 0 radical (unpaired) electrons. The largest absolute Gasteiger partial charge is 0.393 e. The van der Waals surface area contributed by atoms with Crippen LogP contribution in [0, 0.1) is 12.7 Å². The van der Waals surface area contributed by atoms with Crippen molar-refractivity contribution in [2.45, 2.75) is 33.2 Å². The summed E-state index contributed by atoms with van der Waals surface area (Å²) in [6.07, 6.45) is 0.486. The highest BCUT2D eigenvalue weighted by atomic mass is 32.1. The van der Waals surface area contributed by atoms with E-state index in [9.17, 15) is 9.18 Å². The van der Waals surface area contributed by atoms with Crippen LogP contribution in [-0.2, 0) is 0 Å². The summed E-state index contributed by atoms with van der Waals surface area (Å²) >= 11 is 4.83. The highest BCUT2D eigenvalue weighted by Crippen LogP contribution is 2.13. The van der Waals surface area contributed by atoms with Crippen molar-refractivity contribution in [1.82, 2.24) is 4.90 Å². The third-order valence-corrected chi connectivity index (χ3v) is 3.09. The fourth-order valence-electron chi connectivity index (χ4n) is 1.77. The maximum atomic E-state index is 13.2. The SMILES string of the molecule is Cc1cc(C(=O)N(CCC(N)=S)C(C)C)ccc1F. The van der Waals surface area contributed by atoms with Crippen LogP contribution in [0.5, 0.6) is 0 Å². The molecule has 0 bridgehead atoms. The number of hydrogen-bond acceptors (Lipinski definition) is 2. The van der Waals surface area contributed by atoms with Crippen molar-refractivity contribution in [3.05, 3.63) is 35.1 Å². The van der Waals surface area contributed by atoms with E-state index in [1.54, 1.807) is 17.9 Å². The van der Waals surface area contributed by atoms with E-state index in [4.69, 9.17) is 18.0 Å². The minimum Gasteiger partial charge on any atom is -0.393 e. The van der Waals surface area contributed by atoms with E-state index in [-0.39, 0.29) is 17.8 Å². The molecule has 0 saturated carbocycles. The Balaban J connectivity index is 2.92. The molecule has 0 saturated heterocycles. The lowest BCUT2D eigenvalue weighted by Gasteiger charge is -2.27. The van der Waals surface area contributed by atoms with Gasteiger partial charge < -0.3 is 10.6 Å². The van der Waals surface area contributed by atoms with Crippen molar-refractivity contribution >= 4 is 23.1 Å². The van der Waals surface area contributed by atoms with Gasteiger partial charge in [-0.15, -0.1) is 0 Å². The molecule has 0 fully saturated rings. The van der Waals surface area contributed by atoms with Crippen molar-refractivity contribution in [2.75, 3.05) is 6.54 Å². The van der Waals surface area contributed by atoms with E-state index in [0.717, 1.165) is 0 Å². The lowest BCUT2D eigenvalue weighted by atomic mass is 10.1. The van der Waals surface area contributed by atoms with E-state index < -0.39 is 0 Å². The number of halogens is 1.